The van der Waals surface area contributed by atoms with Crippen LogP contribution >= 0.6 is 0 Å². The number of para-hydroxylation sites is 3. The molecule has 0 N–H and O–H groups in total. The van der Waals surface area contributed by atoms with Gasteiger partial charge in [0.15, 0.2) is 0 Å². The predicted octanol–water partition coefficient (Wildman–Crippen LogP) is 16.6. The van der Waals surface area contributed by atoms with Crippen LogP contribution in [0.25, 0.3) is 83.4 Å². The van der Waals surface area contributed by atoms with E-state index in [0.717, 1.165) is 62.7 Å². The molecule has 1 aliphatic rings. The van der Waals surface area contributed by atoms with E-state index in [2.05, 4.69) is 95.8 Å². The summed E-state index contributed by atoms with van der Waals surface area (Å²) in [7, 11) is 0. The molecule has 0 spiro atoms. The van der Waals surface area contributed by atoms with Gasteiger partial charge in [-0.15, -0.1) is 0 Å². The molecule has 0 atom stereocenters. The van der Waals surface area contributed by atoms with E-state index in [1.807, 2.05) is 108 Å². The van der Waals surface area contributed by atoms with Gasteiger partial charge >= 0.3 is 0 Å². The van der Waals surface area contributed by atoms with Crippen LogP contribution in [0, 0.1) is 6.33 Å². The molecule has 0 aliphatic heterocycles. The number of aromatic nitrogens is 4. The Hall–Kier alpha value is -8.02. The molecule has 0 amide bonds. The lowest BCUT2D eigenvalue weighted by Crippen LogP contribution is -2.34. The summed E-state index contributed by atoms with van der Waals surface area (Å²) in [5.74, 6) is 1.90. The fourth-order valence-corrected chi connectivity index (χ4v) is 10.7. The van der Waals surface area contributed by atoms with Crippen molar-refractivity contribution in [2.24, 2.45) is 0 Å². The van der Waals surface area contributed by atoms with Crippen molar-refractivity contribution in [3.63, 3.8) is 0 Å². The van der Waals surface area contributed by atoms with E-state index in [-0.39, 0.29) is 44.2 Å². The topological polar surface area (TPSA) is 35.9 Å². The van der Waals surface area contributed by atoms with Crippen LogP contribution in [0.15, 0.2) is 200 Å². The van der Waals surface area contributed by atoms with Crippen molar-refractivity contribution in [3.8, 4) is 62.1 Å². The Labute approximate surface area is 431 Å². The molecule has 71 heavy (non-hydrogen) atoms. The van der Waals surface area contributed by atoms with E-state index >= 15 is 0 Å². The Morgan fingerprint density at radius 3 is 1.97 bits per heavy atom. The molecule has 11 aromatic rings. The number of benzene rings is 8. The second kappa shape index (κ2) is 16.8. The first-order valence-corrected chi connectivity index (χ1v) is 24.2. The van der Waals surface area contributed by atoms with Gasteiger partial charge in [-0.1, -0.05) is 176 Å². The molecular weight excluding hydrogens is 865 g/mol. The van der Waals surface area contributed by atoms with Gasteiger partial charge in [0.2, 0.25) is 0 Å². The number of hydrogen-bond acceptors (Lipinski definition) is 2. The molecule has 5 heteroatoms. The Balaban J connectivity index is 1.10. The standard InChI is InChI=1S/C66H58N4O/c1-64(2,3)47-34-37-67-61(40-47)70-57-29-15-14-26-52(57)53-33-32-50(42-60(53)70)71-49-25-18-24-48(41-49)68-43-69(59-31-17-16-30-58(59)68)63-54(44-20-10-8-11-21-44)38-46(39-55(63)45-22-12-9-13-23-45)51-27-19-28-56-62(51)66(6,7)36-35-65(56,4)5/h8-34,37-42H,35-36H2,1-7H3/i8D,9D,10D,11D,12D,13D,20D,21D,22D,23D. The highest BCUT2D eigenvalue weighted by atomic mass is 16.5. The zero-order chi connectivity index (χ0) is 57.4. The lowest BCUT2D eigenvalue weighted by Gasteiger charge is -2.43. The van der Waals surface area contributed by atoms with Crippen molar-refractivity contribution in [3.05, 3.63) is 223 Å². The number of nitrogens with zero attached hydrogens (tertiary/aromatic N) is 4. The molecule has 0 radical (unpaired) electrons. The van der Waals surface area contributed by atoms with Crippen LogP contribution in [0.2, 0.25) is 0 Å². The average Bonchev–Trinajstić information content (AvgIpc) is 3.39. The monoisotopic (exact) mass is 933 g/mol. The Kier molecular flexibility index (Phi) is 8.14. The summed E-state index contributed by atoms with van der Waals surface area (Å²) in [6.45, 7) is 15.4. The largest absolute Gasteiger partial charge is 0.458 e. The predicted molar refractivity (Wildman–Crippen MR) is 293 cm³/mol. The number of pyridine rings is 1. The van der Waals surface area contributed by atoms with Crippen molar-refractivity contribution in [2.75, 3.05) is 0 Å². The highest BCUT2D eigenvalue weighted by Crippen LogP contribution is 2.50. The number of rotatable bonds is 8. The fraction of sp³-hybridized carbons (Fsp3) is 0.182. The Bertz CT molecular complexity index is 4310. The Morgan fingerprint density at radius 1 is 0.592 bits per heavy atom. The first-order chi connectivity index (χ1) is 38.5. The second-order valence-electron chi connectivity index (χ2n) is 21.0. The Morgan fingerprint density at radius 2 is 1.24 bits per heavy atom. The fourth-order valence-electron chi connectivity index (χ4n) is 10.7. The zero-order valence-corrected chi connectivity index (χ0v) is 40.9. The molecular formula is C66H58N4O. The summed E-state index contributed by atoms with van der Waals surface area (Å²) in [6, 6.07) is 38.2. The first kappa shape index (κ1) is 34.3. The van der Waals surface area contributed by atoms with E-state index in [9.17, 15) is 5.48 Å². The van der Waals surface area contributed by atoms with Crippen LogP contribution in [0.4, 0.5) is 0 Å². The summed E-state index contributed by atoms with van der Waals surface area (Å²) < 4.78 is 104. The van der Waals surface area contributed by atoms with Crippen molar-refractivity contribution in [1.82, 2.24) is 14.1 Å². The third kappa shape index (κ3) is 7.72. The minimum absolute atomic E-state index is 0.0984. The third-order valence-corrected chi connectivity index (χ3v) is 14.4. The number of fused-ring (bicyclic) bond motifs is 5. The van der Waals surface area contributed by atoms with E-state index in [1.54, 1.807) is 4.57 Å². The van der Waals surface area contributed by atoms with Crippen LogP contribution in [-0.2, 0) is 16.2 Å². The molecule has 8 aromatic carbocycles. The van der Waals surface area contributed by atoms with E-state index in [4.69, 9.17) is 17.9 Å². The maximum atomic E-state index is 9.53. The van der Waals surface area contributed by atoms with Gasteiger partial charge in [0.05, 0.1) is 47.1 Å². The normalized spacial score (nSPS) is 16.2. The van der Waals surface area contributed by atoms with Crippen molar-refractivity contribution < 1.29 is 23.0 Å². The van der Waals surface area contributed by atoms with Gasteiger partial charge in [-0.05, 0) is 140 Å². The summed E-state index contributed by atoms with van der Waals surface area (Å²) in [4.78, 5) is 4.86. The van der Waals surface area contributed by atoms with Gasteiger partial charge in [0, 0.05) is 23.0 Å². The van der Waals surface area contributed by atoms with Gasteiger partial charge in [0.1, 0.15) is 17.3 Å². The van der Waals surface area contributed by atoms with Gasteiger partial charge in [-0.2, -0.15) is 0 Å². The SMILES string of the molecule is [2H]c1c([2H])c([2H])c(-c2cc(-c3cccc4c3C(C)(C)CCC4(C)C)cc(-c3c([2H])c([2H])c([2H])c([2H])c3[2H])c2-[n+]2[c-]n(-c3cccc(Oc4ccc5c6ccccc6n(-c6cc(C(C)(C)C)ccn6)c5c4)c3)c3ccccc32)c([2H])c1[2H]. The lowest BCUT2D eigenvalue weighted by atomic mass is 9.61. The highest BCUT2D eigenvalue weighted by molar-refractivity contribution is 6.09. The summed E-state index contributed by atoms with van der Waals surface area (Å²) >= 11 is 0. The molecule has 0 fully saturated rings. The van der Waals surface area contributed by atoms with E-state index in [1.165, 1.54) is 0 Å². The molecule has 348 valence electrons. The molecule has 0 bridgehead atoms. The smallest absolute Gasteiger partial charge is 0.269 e. The number of hydrogen-bond donors (Lipinski definition) is 0. The van der Waals surface area contributed by atoms with Gasteiger partial charge < -0.3 is 4.74 Å². The van der Waals surface area contributed by atoms with Crippen LogP contribution in [0.5, 0.6) is 11.5 Å². The van der Waals surface area contributed by atoms with Crippen LogP contribution < -0.4 is 9.30 Å². The summed E-state index contributed by atoms with van der Waals surface area (Å²) in [5, 5.41) is 2.13. The van der Waals surface area contributed by atoms with Crippen LogP contribution in [0.1, 0.15) is 91.7 Å². The highest BCUT2D eigenvalue weighted by Gasteiger charge is 2.39. The maximum Gasteiger partial charge on any atom is 0.269 e. The molecule has 0 unspecified atom stereocenters. The van der Waals surface area contributed by atoms with E-state index in [0.29, 0.717) is 33.8 Å². The molecule has 0 saturated carbocycles. The van der Waals surface area contributed by atoms with Crippen LogP contribution in [0.3, 0.4) is 0 Å². The van der Waals surface area contributed by atoms with Crippen molar-refractivity contribution >= 4 is 32.8 Å². The zero-order valence-electron chi connectivity index (χ0n) is 50.9. The van der Waals surface area contributed by atoms with Crippen LogP contribution in [-0.4, -0.2) is 14.1 Å². The minimum atomic E-state index is -0.568. The molecule has 12 rings (SSSR count). The van der Waals surface area contributed by atoms with Gasteiger partial charge in [-0.3, -0.25) is 13.7 Å². The molecule has 3 aromatic heterocycles. The molecule has 0 saturated heterocycles. The quantitative estimate of drug-likeness (QED) is 0.112. The summed E-state index contributed by atoms with van der Waals surface area (Å²) in [5.41, 5.74) is 8.20. The first-order valence-electron chi connectivity index (χ1n) is 29.2. The minimum Gasteiger partial charge on any atom is -0.458 e. The average molecular weight is 933 g/mol. The second-order valence-corrected chi connectivity index (χ2v) is 21.0. The van der Waals surface area contributed by atoms with Gasteiger partial charge in [-0.25, -0.2) is 4.98 Å². The van der Waals surface area contributed by atoms with Gasteiger partial charge in [0.25, 0.3) is 6.33 Å². The number of ether oxygens (including phenoxy) is 1. The van der Waals surface area contributed by atoms with Crippen molar-refractivity contribution in [2.45, 2.75) is 77.6 Å². The molecule has 1 aliphatic carbocycles. The lowest BCUT2D eigenvalue weighted by molar-refractivity contribution is -0.571. The van der Waals surface area contributed by atoms with Crippen molar-refractivity contribution in [1.29, 1.82) is 0 Å². The number of imidazole rings is 1. The molecule has 5 nitrogen and oxygen atoms in total. The third-order valence-electron chi connectivity index (χ3n) is 14.4. The van der Waals surface area contributed by atoms with E-state index < -0.39 is 60.4 Å². The molecule has 3 heterocycles. The summed E-state index contributed by atoms with van der Waals surface area (Å²) in [6.07, 6.45) is 7.23. The maximum absolute atomic E-state index is 9.53.